The molecule has 1 aromatic carbocycles. The lowest BCUT2D eigenvalue weighted by atomic mass is 9.85. The number of nitrogens with zero attached hydrogens (tertiary/aromatic N) is 3. The predicted molar refractivity (Wildman–Crippen MR) is 90.9 cm³/mol. The molecule has 3 rings (SSSR count). The zero-order chi connectivity index (χ0) is 16.9. The van der Waals surface area contributed by atoms with E-state index in [4.69, 9.17) is 16.1 Å². The Labute approximate surface area is 146 Å². The van der Waals surface area contributed by atoms with Gasteiger partial charge in [-0.25, -0.2) is 4.79 Å². The summed E-state index contributed by atoms with van der Waals surface area (Å²) < 4.78 is 5.27. The molecule has 7 heteroatoms. The molecule has 24 heavy (non-hydrogen) atoms. The van der Waals surface area contributed by atoms with E-state index in [2.05, 4.69) is 15.5 Å². The second-order valence-electron chi connectivity index (χ2n) is 6.11. The normalized spacial score (nSPS) is 14.2. The average Bonchev–Trinajstić information content (AvgIpc) is 2.96. The number of benzene rings is 1. The van der Waals surface area contributed by atoms with Gasteiger partial charge in [0.2, 0.25) is 5.89 Å². The minimum atomic E-state index is -0.155. The number of carbonyl (C=O) groups is 1. The standard InChI is InChI=1S/C17H21ClN4O2/c1-22(11-13-5-2-3-8-14(13)18)17(23)19-10-9-15-20-16(24-21-15)12-6-4-7-12/h2-3,5,8,12H,4,6-7,9-11H2,1H3,(H,19,23). The fourth-order valence-electron chi connectivity index (χ4n) is 2.56. The van der Waals surface area contributed by atoms with E-state index in [9.17, 15) is 4.79 Å². The lowest BCUT2D eigenvalue weighted by Gasteiger charge is -2.20. The van der Waals surface area contributed by atoms with Gasteiger partial charge in [0, 0.05) is 37.5 Å². The Morgan fingerprint density at radius 2 is 2.21 bits per heavy atom. The van der Waals surface area contributed by atoms with E-state index in [0.29, 0.717) is 36.3 Å². The number of nitrogens with one attached hydrogen (secondary N) is 1. The van der Waals surface area contributed by atoms with Crippen molar-refractivity contribution in [2.45, 2.75) is 38.1 Å². The summed E-state index contributed by atoms with van der Waals surface area (Å²) in [5, 5.41) is 7.49. The summed E-state index contributed by atoms with van der Waals surface area (Å²) in [4.78, 5) is 18.1. The van der Waals surface area contributed by atoms with Crippen molar-refractivity contribution in [2.75, 3.05) is 13.6 Å². The van der Waals surface area contributed by atoms with Crippen LogP contribution in [0.3, 0.4) is 0 Å². The van der Waals surface area contributed by atoms with Crippen LogP contribution in [0.2, 0.25) is 5.02 Å². The van der Waals surface area contributed by atoms with Crippen molar-refractivity contribution in [1.82, 2.24) is 20.4 Å². The van der Waals surface area contributed by atoms with Crippen molar-refractivity contribution < 1.29 is 9.32 Å². The molecule has 1 aliphatic carbocycles. The molecular formula is C17H21ClN4O2. The molecule has 0 saturated heterocycles. The maximum atomic E-state index is 12.1. The summed E-state index contributed by atoms with van der Waals surface area (Å²) in [6, 6.07) is 7.35. The van der Waals surface area contributed by atoms with Crippen molar-refractivity contribution in [1.29, 1.82) is 0 Å². The van der Waals surface area contributed by atoms with Gasteiger partial charge in [-0.3, -0.25) is 0 Å². The first kappa shape index (κ1) is 16.8. The van der Waals surface area contributed by atoms with E-state index in [0.717, 1.165) is 24.3 Å². The van der Waals surface area contributed by atoms with Crippen LogP contribution in [0, 0.1) is 0 Å². The molecular weight excluding hydrogens is 328 g/mol. The maximum Gasteiger partial charge on any atom is 0.317 e. The molecule has 1 heterocycles. The van der Waals surface area contributed by atoms with Gasteiger partial charge in [-0.1, -0.05) is 41.4 Å². The summed E-state index contributed by atoms with van der Waals surface area (Å²) in [7, 11) is 1.74. The van der Waals surface area contributed by atoms with Gasteiger partial charge in [0.05, 0.1) is 0 Å². The third-order valence-corrected chi connectivity index (χ3v) is 4.64. The molecule has 1 aliphatic rings. The van der Waals surface area contributed by atoms with Crippen molar-refractivity contribution in [2.24, 2.45) is 0 Å². The van der Waals surface area contributed by atoms with Crippen LogP contribution in [0.1, 0.15) is 42.5 Å². The largest absolute Gasteiger partial charge is 0.339 e. The Kier molecular flexibility index (Phi) is 5.35. The lowest BCUT2D eigenvalue weighted by molar-refractivity contribution is 0.207. The number of urea groups is 1. The lowest BCUT2D eigenvalue weighted by Crippen LogP contribution is -2.37. The molecule has 0 bridgehead atoms. The summed E-state index contributed by atoms with van der Waals surface area (Å²) in [6.45, 7) is 0.925. The smallest absolute Gasteiger partial charge is 0.317 e. The molecule has 1 saturated carbocycles. The van der Waals surface area contributed by atoms with Gasteiger partial charge in [-0.2, -0.15) is 4.98 Å². The third-order valence-electron chi connectivity index (χ3n) is 4.28. The van der Waals surface area contributed by atoms with Crippen LogP contribution in [0.25, 0.3) is 0 Å². The Balaban J connectivity index is 1.43. The van der Waals surface area contributed by atoms with Gasteiger partial charge < -0.3 is 14.7 Å². The molecule has 2 amide bonds. The van der Waals surface area contributed by atoms with Gasteiger partial charge in [-0.05, 0) is 24.5 Å². The highest BCUT2D eigenvalue weighted by molar-refractivity contribution is 6.31. The monoisotopic (exact) mass is 348 g/mol. The van der Waals surface area contributed by atoms with Gasteiger partial charge in [0.25, 0.3) is 0 Å². The van der Waals surface area contributed by atoms with E-state index < -0.39 is 0 Å². The minimum Gasteiger partial charge on any atom is -0.339 e. The van der Waals surface area contributed by atoms with E-state index in [1.165, 1.54) is 6.42 Å². The van der Waals surface area contributed by atoms with Crippen LogP contribution in [-0.4, -0.2) is 34.7 Å². The Morgan fingerprint density at radius 1 is 1.42 bits per heavy atom. The summed E-state index contributed by atoms with van der Waals surface area (Å²) >= 11 is 6.12. The molecule has 0 radical (unpaired) electrons. The third kappa shape index (κ3) is 4.06. The molecule has 1 fully saturated rings. The van der Waals surface area contributed by atoms with Crippen LogP contribution in [-0.2, 0) is 13.0 Å². The van der Waals surface area contributed by atoms with E-state index in [1.807, 2.05) is 24.3 Å². The van der Waals surface area contributed by atoms with Gasteiger partial charge in [0.1, 0.15) is 0 Å². The zero-order valence-corrected chi connectivity index (χ0v) is 14.4. The molecule has 6 nitrogen and oxygen atoms in total. The van der Waals surface area contributed by atoms with E-state index in [1.54, 1.807) is 11.9 Å². The van der Waals surface area contributed by atoms with Gasteiger partial charge >= 0.3 is 6.03 Å². The van der Waals surface area contributed by atoms with Crippen LogP contribution < -0.4 is 5.32 Å². The van der Waals surface area contributed by atoms with E-state index in [-0.39, 0.29) is 6.03 Å². The second-order valence-corrected chi connectivity index (χ2v) is 6.51. The number of rotatable bonds is 6. The van der Waals surface area contributed by atoms with Gasteiger partial charge in [-0.15, -0.1) is 0 Å². The number of carbonyl (C=O) groups excluding carboxylic acids is 1. The van der Waals surface area contributed by atoms with Crippen molar-refractivity contribution in [3.05, 3.63) is 46.6 Å². The fraction of sp³-hybridized carbons (Fsp3) is 0.471. The quantitative estimate of drug-likeness (QED) is 0.868. The topological polar surface area (TPSA) is 71.3 Å². The Morgan fingerprint density at radius 3 is 2.92 bits per heavy atom. The van der Waals surface area contributed by atoms with Crippen molar-refractivity contribution in [3.8, 4) is 0 Å². The maximum absolute atomic E-state index is 12.1. The van der Waals surface area contributed by atoms with Crippen LogP contribution in [0.15, 0.2) is 28.8 Å². The number of amides is 2. The van der Waals surface area contributed by atoms with Crippen LogP contribution in [0.5, 0.6) is 0 Å². The summed E-state index contributed by atoms with van der Waals surface area (Å²) in [5.41, 5.74) is 0.917. The van der Waals surface area contributed by atoms with Crippen LogP contribution in [0.4, 0.5) is 4.79 Å². The number of aromatic nitrogens is 2. The summed E-state index contributed by atoms with van der Waals surface area (Å²) in [6.07, 6.45) is 4.05. The molecule has 1 N–H and O–H groups in total. The summed E-state index contributed by atoms with van der Waals surface area (Å²) in [5.74, 6) is 1.81. The molecule has 128 valence electrons. The van der Waals surface area contributed by atoms with Gasteiger partial charge in [0.15, 0.2) is 5.82 Å². The highest BCUT2D eigenvalue weighted by Gasteiger charge is 2.25. The Hall–Kier alpha value is -2.08. The highest BCUT2D eigenvalue weighted by Crippen LogP contribution is 2.35. The molecule has 1 aromatic heterocycles. The fourth-order valence-corrected chi connectivity index (χ4v) is 2.76. The number of hydrogen-bond donors (Lipinski definition) is 1. The number of hydrogen-bond acceptors (Lipinski definition) is 4. The zero-order valence-electron chi connectivity index (χ0n) is 13.7. The first-order valence-corrected chi connectivity index (χ1v) is 8.56. The second kappa shape index (κ2) is 7.66. The number of halogens is 1. The highest BCUT2D eigenvalue weighted by atomic mass is 35.5. The van der Waals surface area contributed by atoms with Crippen molar-refractivity contribution in [3.63, 3.8) is 0 Å². The SMILES string of the molecule is CN(Cc1ccccc1Cl)C(=O)NCCc1noc(C2CCC2)n1. The molecule has 0 unspecified atom stereocenters. The first-order valence-electron chi connectivity index (χ1n) is 8.18. The van der Waals surface area contributed by atoms with Crippen molar-refractivity contribution >= 4 is 17.6 Å². The van der Waals surface area contributed by atoms with Crippen LogP contribution >= 0.6 is 11.6 Å². The first-order chi connectivity index (χ1) is 11.6. The minimum absolute atomic E-state index is 0.155. The average molecular weight is 349 g/mol. The molecule has 0 atom stereocenters. The molecule has 0 aliphatic heterocycles. The predicted octanol–water partition coefficient (Wildman–Crippen LogP) is 3.37. The Bertz CT molecular complexity index is 699. The molecule has 0 spiro atoms. The molecule has 2 aromatic rings. The van der Waals surface area contributed by atoms with E-state index >= 15 is 0 Å².